The third-order valence-corrected chi connectivity index (χ3v) is 12.0. The van der Waals surface area contributed by atoms with Crippen LogP contribution in [0.4, 0.5) is 0 Å². The number of phenols is 1. The number of hydrogen-bond donors (Lipinski definition) is 13. The predicted octanol–water partition coefficient (Wildman–Crippen LogP) is 16.9. The Morgan fingerprint density at radius 3 is 1.28 bits per heavy atom. The van der Waals surface area contributed by atoms with Gasteiger partial charge in [-0.1, -0.05) is 253 Å². The van der Waals surface area contributed by atoms with Crippen LogP contribution in [-0.4, -0.2) is 92.6 Å². The van der Waals surface area contributed by atoms with Crippen LogP contribution < -0.4 is 39.3 Å². The summed E-state index contributed by atoms with van der Waals surface area (Å²) in [4.78, 5) is 26.4. The number of aromatic nitrogens is 1. The van der Waals surface area contributed by atoms with Crippen molar-refractivity contribution in [2.75, 3.05) is 31.8 Å². The van der Waals surface area contributed by atoms with E-state index in [-0.39, 0.29) is 25.2 Å². The molecule has 1 aliphatic rings. The summed E-state index contributed by atoms with van der Waals surface area (Å²) in [5.41, 5.74) is 29.9. The van der Waals surface area contributed by atoms with Crippen molar-refractivity contribution in [2.24, 2.45) is 45.7 Å². The molecule has 19 N–H and O–H groups in total. The van der Waals surface area contributed by atoms with Crippen LogP contribution in [0, 0.1) is 17.8 Å². The largest absolute Gasteiger partial charge is 0.508 e. The van der Waals surface area contributed by atoms with Gasteiger partial charge in [-0.2, -0.15) is 11.8 Å². The van der Waals surface area contributed by atoms with Crippen molar-refractivity contribution in [3.05, 3.63) is 114 Å². The number of H-pyrrole nitrogens is 1. The highest BCUT2D eigenvalue weighted by molar-refractivity contribution is 7.98. The lowest BCUT2D eigenvalue weighted by Gasteiger charge is -1.94. The van der Waals surface area contributed by atoms with Gasteiger partial charge < -0.3 is 69.8 Å². The zero-order valence-corrected chi connectivity index (χ0v) is 64.3. The molecule has 0 bridgehead atoms. The summed E-state index contributed by atoms with van der Waals surface area (Å²) in [6, 6.07) is 26.1. The number of carbonyl (C=O) groups excluding carboxylic acids is 2. The predicted molar refractivity (Wildman–Crippen MR) is 416 cm³/mol. The number of primary amides is 2. The standard InChI is InChI=1S/C10H11N.C8H10O.C8H10.C5H13N3.C5H10N2.C5H13N.2C5H12.C4H9NO.C4H10O2.C4H10S.C4H10.C3H7NO.C3H8O2.C2H6.CH4/c1-2-8-7-11-10-6-4-3-5-9(8)10;1-2-7-3-5-8(9)6-4-7;1-2-8-6-4-3-5-7-8;1-2-3-4-8-5(6)7;1-2-5-3-6-4-7-5;1-2-3-4-5-6;2*1-4-5(2)3;2*1-2-3-4(5)6;1-3-4-5-2;1-4(2)3;2*1-2-3(4)5;1-2;/h3-7,11H,2H2,1H3;3-6,9H,2H2,1H3;3-7H,2H2,1H3;2-4H2,1H3,(H4,6,7,8);3,6-7H,2,4H2,1H3;2-6H2,1H3;2*5H,4H2,1-3H3;2-3H2,1H3,(H2,5,6);4-6H,2-3H2,1H3;3-4H2,1-2H3;4H,1-3H3;2H2,1H3,(H2,4,5);3-5H,2H2,1H3;1-2H3;1H4/p+1. The minimum atomic E-state index is -1.12. The molecule has 93 heavy (non-hydrogen) atoms. The van der Waals surface area contributed by atoms with Crippen molar-refractivity contribution in [3.8, 4) is 5.75 Å². The maximum atomic E-state index is 9.82. The number of para-hydroxylation sites is 1. The molecule has 16 nitrogen and oxygen atoms in total. The van der Waals surface area contributed by atoms with E-state index in [1.807, 2.05) is 63.9 Å². The Kier molecular flexibility index (Phi) is 115. The molecule has 5 rings (SSSR count). The second-order valence-corrected chi connectivity index (χ2v) is 22.9. The topological polar surface area (TPSA) is 319 Å². The molecule has 0 aliphatic carbocycles. The number of nitrogens with one attached hydrogen (secondary N) is 3. The number of nitrogens with zero attached hydrogens (tertiary/aromatic N) is 1. The van der Waals surface area contributed by atoms with E-state index in [9.17, 15) is 9.59 Å². The minimum absolute atomic E-state index is 0. The molecule has 0 saturated heterocycles. The number of aromatic amines is 1. The quantitative estimate of drug-likeness (QED) is 0.0170. The van der Waals surface area contributed by atoms with Crippen LogP contribution in [0.3, 0.4) is 0 Å². The molecule has 17 heteroatoms. The first-order valence-electron chi connectivity index (χ1n) is 34.7. The highest BCUT2D eigenvalue weighted by atomic mass is 32.2. The number of carbonyl (C=O) groups is 2. The number of benzene rings is 3. The molecule has 0 fully saturated rings. The fraction of sp³-hybridized carbons (Fsp3) is 0.671. The molecule has 0 atom stereocenters. The molecule has 0 spiro atoms. The number of hydrogen-bond acceptors (Lipinski definition) is 11. The monoisotopic (exact) mass is 1340 g/mol. The maximum Gasteiger partial charge on any atom is 0.217 e. The summed E-state index contributed by atoms with van der Waals surface area (Å²) in [5, 5.41) is 48.5. The van der Waals surface area contributed by atoms with Gasteiger partial charge in [0.25, 0.3) is 0 Å². The summed E-state index contributed by atoms with van der Waals surface area (Å²) < 4.78 is 0. The van der Waals surface area contributed by atoms with Crippen LogP contribution in [0.1, 0.15) is 273 Å². The molecule has 552 valence electrons. The van der Waals surface area contributed by atoms with Gasteiger partial charge in [-0.15, -0.1) is 0 Å². The number of allylic oxidation sites excluding steroid dienone is 1. The number of phenolic OH excluding ortho intramolecular Hbond substituents is 1. The number of aromatic hydroxyl groups is 1. The summed E-state index contributed by atoms with van der Waals surface area (Å²) in [6.07, 6.45) is 22.0. The third-order valence-electron chi connectivity index (χ3n) is 11.2. The zero-order valence-electron chi connectivity index (χ0n) is 63.5. The lowest BCUT2D eigenvalue weighted by atomic mass is 10.1. The second kappa shape index (κ2) is 95.4. The fourth-order valence-electron chi connectivity index (χ4n) is 4.99. The van der Waals surface area contributed by atoms with Crippen molar-refractivity contribution in [1.82, 2.24) is 15.6 Å². The van der Waals surface area contributed by atoms with Gasteiger partial charge in [-0.25, -0.2) is 0 Å². The number of thioether (sulfide) groups is 1. The summed E-state index contributed by atoms with van der Waals surface area (Å²) in [5.74, 6) is 3.98. The first-order chi connectivity index (χ1) is 43.6. The Morgan fingerprint density at radius 2 is 1.04 bits per heavy atom. The summed E-state index contributed by atoms with van der Waals surface area (Å²) >= 11 is 1.90. The van der Waals surface area contributed by atoms with Gasteiger partial charge in [-0.3, -0.25) is 14.6 Å². The summed E-state index contributed by atoms with van der Waals surface area (Å²) in [7, 11) is 0. The molecule has 1 aliphatic heterocycles. The van der Waals surface area contributed by atoms with Crippen molar-refractivity contribution in [2.45, 2.75) is 288 Å². The van der Waals surface area contributed by atoms with Crippen LogP contribution in [0.5, 0.6) is 5.75 Å². The number of fused-ring (bicyclic) bond motifs is 1. The molecular formula is C76H156N9O7S+. The van der Waals surface area contributed by atoms with E-state index < -0.39 is 12.6 Å². The molecule has 0 saturated carbocycles. The van der Waals surface area contributed by atoms with E-state index in [0.29, 0.717) is 31.4 Å². The number of rotatable bonds is 20. The highest BCUT2D eigenvalue weighted by Crippen LogP contribution is 2.17. The molecule has 2 heterocycles. The van der Waals surface area contributed by atoms with Gasteiger partial charge in [0.2, 0.25) is 11.8 Å². The number of amides is 2. The molecule has 1 aromatic heterocycles. The van der Waals surface area contributed by atoms with Gasteiger partial charge in [0.15, 0.2) is 18.5 Å². The normalized spacial score (nSPS) is 9.62. The lowest BCUT2D eigenvalue weighted by molar-refractivity contribution is -0.368. The van der Waals surface area contributed by atoms with Crippen LogP contribution in [0.15, 0.2) is 102 Å². The fourth-order valence-corrected chi connectivity index (χ4v) is 5.40. The number of quaternary nitrogens is 1. The van der Waals surface area contributed by atoms with E-state index in [4.69, 9.17) is 42.7 Å². The maximum absolute atomic E-state index is 9.82. The Labute approximate surface area is 578 Å². The smallest absolute Gasteiger partial charge is 0.217 e. The van der Waals surface area contributed by atoms with Crippen molar-refractivity contribution < 1.29 is 40.9 Å². The van der Waals surface area contributed by atoms with Gasteiger partial charge >= 0.3 is 0 Å². The Balaban J connectivity index is -0.0000000871. The Morgan fingerprint density at radius 1 is 0.591 bits per heavy atom. The van der Waals surface area contributed by atoms with Crippen molar-refractivity contribution in [1.29, 1.82) is 0 Å². The number of nitrogens with two attached hydrogens (primary N) is 4. The number of aliphatic hydroxyl groups excluding tert-OH is 2. The van der Waals surface area contributed by atoms with Gasteiger partial charge in [0.1, 0.15) is 5.75 Å². The van der Waals surface area contributed by atoms with Gasteiger partial charge in [0, 0.05) is 48.4 Å². The lowest BCUT2D eigenvalue weighted by Crippen LogP contribution is -2.49. The number of aryl methyl sites for hydroxylation is 3. The molecule has 0 radical (unpaired) electrons. The van der Waals surface area contributed by atoms with E-state index >= 15 is 0 Å². The molecule has 4 aromatic rings. The molecular weight excluding hydrogens is 1180 g/mol. The highest BCUT2D eigenvalue weighted by Gasteiger charge is 1.98. The number of aliphatic hydroxyl groups is 4. The minimum Gasteiger partial charge on any atom is -0.508 e. The van der Waals surface area contributed by atoms with Crippen LogP contribution in [-0.2, 0) is 28.9 Å². The first-order valence-corrected chi connectivity index (χ1v) is 36.1. The number of guanidine groups is 1. The Hall–Kier alpha value is -5.30. The SMILES string of the molecule is C.CC.CC(C)C.CCC(C)C.CCC(C)C.CCC(N)=O.CCC(O)O.CCC1=CNCN1.CCCC(N)=O.CCCC(O)O.CCCCC[NH3+].CCCCN=C(N)N.CCCSC.CCc1c[nH]c2ccccc12.CCc1ccc(O)cc1.CCc1ccccc1. The van der Waals surface area contributed by atoms with Crippen molar-refractivity contribution in [3.63, 3.8) is 0 Å². The van der Waals surface area contributed by atoms with Crippen LogP contribution in [0.25, 0.3) is 10.9 Å². The van der Waals surface area contributed by atoms with E-state index in [1.54, 1.807) is 26.0 Å². The first kappa shape index (κ1) is 112. The third kappa shape index (κ3) is 121. The van der Waals surface area contributed by atoms with Gasteiger partial charge in [-0.05, 0) is 135 Å². The zero-order chi connectivity index (χ0) is 73.4. The second-order valence-electron chi connectivity index (χ2n) is 21.9. The number of unbranched alkanes of at least 4 members (excludes halogenated alkanes) is 3. The summed E-state index contributed by atoms with van der Waals surface area (Å²) in [6.45, 7) is 48.9. The molecule has 0 unspecified atom stereocenters. The van der Waals surface area contributed by atoms with Crippen molar-refractivity contribution >= 4 is 40.4 Å². The van der Waals surface area contributed by atoms with Gasteiger partial charge in [0.05, 0.1) is 13.2 Å². The van der Waals surface area contributed by atoms with E-state index in [1.165, 1.54) is 77.6 Å². The number of aliphatic imine (C=N–C) groups is 1. The average Bonchev–Trinajstić information content (AvgIpc) is 1.73. The average molecular weight is 1340 g/mol. The molecule has 3 aromatic carbocycles. The van der Waals surface area contributed by atoms with Crippen LogP contribution in [0.2, 0.25) is 0 Å². The molecule has 2 amide bonds. The van der Waals surface area contributed by atoms with E-state index in [2.05, 4.69) is 204 Å². The van der Waals surface area contributed by atoms with E-state index in [0.717, 1.165) is 88.9 Å². The Bertz CT molecular complexity index is 2000. The van der Waals surface area contributed by atoms with Crippen LogP contribution >= 0.6 is 11.8 Å².